The zero-order valence-electron chi connectivity index (χ0n) is 36.3. The maximum absolute atomic E-state index is 12.6. The fourth-order valence-corrected chi connectivity index (χ4v) is 6.24. The fourth-order valence-electron chi connectivity index (χ4n) is 6.24. The van der Waals surface area contributed by atoms with Crippen molar-refractivity contribution in [3.63, 3.8) is 0 Å². The second-order valence-corrected chi connectivity index (χ2v) is 16.0. The predicted molar refractivity (Wildman–Crippen MR) is 224 cm³/mol. The molecular formula is C43H72N4O14. The minimum atomic E-state index is -1.31. The Morgan fingerprint density at radius 1 is 0.459 bits per heavy atom. The molecule has 0 bridgehead atoms. The molecule has 0 spiro atoms. The van der Waals surface area contributed by atoms with Gasteiger partial charge in [-0.05, 0) is 19.3 Å². The van der Waals surface area contributed by atoms with Crippen LogP contribution in [0.4, 0.5) is 0 Å². The summed E-state index contributed by atoms with van der Waals surface area (Å²) in [7, 11) is 0. The number of aliphatic hydroxyl groups is 2. The highest BCUT2D eigenvalue weighted by molar-refractivity contribution is 5.94. The largest absolute Gasteiger partial charge is 0.481 e. The summed E-state index contributed by atoms with van der Waals surface area (Å²) in [5.74, 6) is -9.23. The summed E-state index contributed by atoms with van der Waals surface area (Å²) in [4.78, 5) is 120. The lowest BCUT2D eigenvalue weighted by Crippen LogP contribution is -2.42. The third-order valence-electron chi connectivity index (χ3n) is 10.2. The third kappa shape index (κ3) is 31.0. The third-order valence-corrected chi connectivity index (χ3v) is 10.2. The van der Waals surface area contributed by atoms with Crippen LogP contribution in [0.3, 0.4) is 0 Å². The number of Topliss-reactive ketones (excluding diaryl/α,β-unsaturated/α-hetero) is 4. The Bertz CT molecular complexity index is 1400. The van der Waals surface area contributed by atoms with Crippen LogP contribution in [0.5, 0.6) is 0 Å². The number of carbonyl (C=O) groups is 10. The number of aliphatic carboxylic acids is 2. The van der Waals surface area contributed by atoms with Gasteiger partial charge in [0.1, 0.15) is 11.8 Å². The molecule has 4 amide bonds. The average molecular weight is 869 g/mol. The van der Waals surface area contributed by atoms with E-state index in [9.17, 15) is 63.3 Å². The number of hydrogen-bond acceptors (Lipinski definition) is 12. The molecule has 0 aliphatic carbocycles. The molecule has 0 aromatic heterocycles. The highest BCUT2D eigenvalue weighted by atomic mass is 16.4. The zero-order chi connectivity index (χ0) is 46.0. The van der Waals surface area contributed by atoms with Crippen molar-refractivity contribution in [3.05, 3.63) is 0 Å². The van der Waals surface area contributed by atoms with Crippen LogP contribution in [0.15, 0.2) is 0 Å². The van der Waals surface area contributed by atoms with E-state index in [1.54, 1.807) is 13.8 Å². The van der Waals surface area contributed by atoms with Crippen LogP contribution in [0.2, 0.25) is 0 Å². The van der Waals surface area contributed by atoms with Gasteiger partial charge in [-0.15, -0.1) is 0 Å². The Hall–Kier alpha value is -4.58. The Morgan fingerprint density at radius 3 is 1.28 bits per heavy atom. The first kappa shape index (κ1) is 56.4. The lowest BCUT2D eigenvalue weighted by atomic mass is 10.0. The molecule has 0 aliphatic rings. The van der Waals surface area contributed by atoms with E-state index in [1.165, 1.54) is 25.7 Å². The van der Waals surface area contributed by atoms with E-state index in [2.05, 4.69) is 21.3 Å². The number of unbranched alkanes of at least 4 members (excludes halogenated alkanes) is 13. The summed E-state index contributed by atoms with van der Waals surface area (Å²) < 4.78 is 0. The standard InChI is InChI=1S/C43H72N4O14/c1-30(2)37(53)21-19-33(50)25-45-41(58)32(29-49)24-35(52)27-46-42(59)31(28-48)23-34(51)26-44-38(54)22-20-36(43(60)61)47-39(55)17-15-13-11-9-7-5-3-4-6-8-10-12-14-16-18-40(56)57/h30-32,36,48-49H,3-29H2,1-2H3,(H,44,54)(H,45,58)(H,46,59)(H,47,55)(H,56,57)(H,60,61)/t31?,32?,36-/m0/s1. The van der Waals surface area contributed by atoms with Gasteiger partial charge in [-0.25, -0.2) is 4.79 Å². The van der Waals surface area contributed by atoms with Crippen LogP contribution >= 0.6 is 0 Å². The van der Waals surface area contributed by atoms with Crippen LogP contribution in [0.1, 0.15) is 155 Å². The number of aliphatic hydroxyl groups excluding tert-OH is 2. The van der Waals surface area contributed by atoms with Gasteiger partial charge < -0.3 is 41.7 Å². The van der Waals surface area contributed by atoms with Gasteiger partial charge in [0.25, 0.3) is 0 Å². The van der Waals surface area contributed by atoms with E-state index in [-0.39, 0.29) is 56.8 Å². The first-order chi connectivity index (χ1) is 29.0. The molecule has 348 valence electrons. The SMILES string of the molecule is CC(C)C(=O)CCC(=O)CNC(=O)C(CO)CC(=O)CNC(=O)C(CO)CC(=O)CNC(=O)CC[C@H](NC(=O)CCCCCCCCCCCCCCCCC(=O)O)C(=O)O. The molecule has 3 atom stereocenters. The first-order valence-corrected chi connectivity index (χ1v) is 21.9. The number of carboxylic acid groups (broad SMARTS) is 2. The van der Waals surface area contributed by atoms with E-state index in [0.717, 1.165) is 57.8 Å². The number of carboxylic acids is 2. The molecule has 0 saturated heterocycles. The summed E-state index contributed by atoms with van der Waals surface area (Å²) in [5.41, 5.74) is 0. The Labute approximate surface area is 359 Å². The summed E-state index contributed by atoms with van der Waals surface area (Å²) in [6, 6.07) is -1.31. The van der Waals surface area contributed by atoms with Crippen LogP contribution in [0, 0.1) is 17.8 Å². The minimum Gasteiger partial charge on any atom is -0.481 e. The second-order valence-electron chi connectivity index (χ2n) is 16.0. The Kier molecular flexibility index (Phi) is 32.4. The van der Waals surface area contributed by atoms with Crippen LogP contribution in [-0.2, 0) is 47.9 Å². The van der Waals surface area contributed by atoms with Crippen LogP contribution in [-0.4, -0.2) is 118 Å². The molecule has 0 aromatic rings. The van der Waals surface area contributed by atoms with Crippen LogP contribution in [0.25, 0.3) is 0 Å². The number of hydrogen-bond donors (Lipinski definition) is 8. The summed E-state index contributed by atoms with van der Waals surface area (Å²) in [6.45, 7) is 0.449. The first-order valence-electron chi connectivity index (χ1n) is 21.9. The van der Waals surface area contributed by atoms with Crippen molar-refractivity contribution in [1.29, 1.82) is 0 Å². The number of ketones is 4. The van der Waals surface area contributed by atoms with Crippen LogP contribution < -0.4 is 21.3 Å². The second kappa shape index (κ2) is 35.1. The topological polar surface area (TPSA) is 300 Å². The molecular weight excluding hydrogens is 796 g/mol. The average Bonchev–Trinajstić information content (AvgIpc) is 3.22. The Morgan fingerprint density at radius 2 is 0.869 bits per heavy atom. The normalized spacial score (nSPS) is 12.5. The Balaban J connectivity index is 4.31. The van der Waals surface area contributed by atoms with Gasteiger partial charge in [-0.3, -0.25) is 43.2 Å². The quantitative estimate of drug-likeness (QED) is 0.0411. The van der Waals surface area contributed by atoms with Crippen molar-refractivity contribution >= 4 is 58.7 Å². The van der Waals surface area contributed by atoms with E-state index in [1.807, 2.05) is 0 Å². The number of rotatable bonds is 40. The molecule has 8 N–H and O–H groups in total. The molecule has 0 fully saturated rings. The molecule has 2 unspecified atom stereocenters. The monoisotopic (exact) mass is 869 g/mol. The van der Waals surface area contributed by atoms with Gasteiger partial charge in [0, 0.05) is 50.9 Å². The molecule has 0 heterocycles. The fraction of sp³-hybridized carbons (Fsp3) is 0.767. The summed E-state index contributed by atoms with van der Waals surface area (Å²) >= 11 is 0. The van der Waals surface area contributed by atoms with Crippen molar-refractivity contribution < 1.29 is 68.4 Å². The highest BCUT2D eigenvalue weighted by Crippen LogP contribution is 2.14. The lowest BCUT2D eigenvalue weighted by molar-refractivity contribution is -0.142. The van der Waals surface area contributed by atoms with Crippen molar-refractivity contribution in [1.82, 2.24) is 21.3 Å². The van der Waals surface area contributed by atoms with Gasteiger partial charge in [-0.2, -0.15) is 0 Å². The van der Waals surface area contributed by atoms with E-state index < -0.39 is 110 Å². The van der Waals surface area contributed by atoms with Gasteiger partial charge in [-0.1, -0.05) is 90.9 Å². The van der Waals surface area contributed by atoms with Gasteiger partial charge >= 0.3 is 11.9 Å². The van der Waals surface area contributed by atoms with Gasteiger partial charge in [0.2, 0.25) is 23.6 Å². The lowest BCUT2D eigenvalue weighted by Gasteiger charge is -2.16. The molecule has 18 nitrogen and oxygen atoms in total. The maximum atomic E-state index is 12.6. The molecule has 18 heteroatoms. The number of carbonyl (C=O) groups excluding carboxylic acids is 8. The van der Waals surface area contributed by atoms with Gasteiger partial charge in [0.05, 0.1) is 44.7 Å². The highest BCUT2D eigenvalue weighted by Gasteiger charge is 2.26. The van der Waals surface area contributed by atoms with Crippen molar-refractivity contribution in [2.45, 2.75) is 161 Å². The van der Waals surface area contributed by atoms with E-state index >= 15 is 0 Å². The van der Waals surface area contributed by atoms with E-state index in [4.69, 9.17) is 5.11 Å². The number of nitrogens with one attached hydrogen (secondary N) is 4. The molecule has 0 saturated carbocycles. The van der Waals surface area contributed by atoms with Crippen molar-refractivity contribution in [2.75, 3.05) is 32.8 Å². The molecule has 0 rings (SSSR count). The summed E-state index contributed by atoms with van der Waals surface area (Å²) in [5, 5.41) is 46.8. The maximum Gasteiger partial charge on any atom is 0.326 e. The smallest absolute Gasteiger partial charge is 0.326 e. The molecule has 61 heavy (non-hydrogen) atoms. The minimum absolute atomic E-state index is 0.0356. The van der Waals surface area contributed by atoms with Crippen molar-refractivity contribution in [3.8, 4) is 0 Å². The van der Waals surface area contributed by atoms with E-state index in [0.29, 0.717) is 6.42 Å². The van der Waals surface area contributed by atoms with Crippen molar-refractivity contribution in [2.24, 2.45) is 17.8 Å². The molecule has 0 aliphatic heterocycles. The number of amides is 4. The zero-order valence-corrected chi connectivity index (χ0v) is 36.3. The summed E-state index contributed by atoms with van der Waals surface area (Å²) in [6.07, 6.45) is 13.3. The predicted octanol–water partition coefficient (Wildman–Crippen LogP) is 2.72. The van der Waals surface area contributed by atoms with Gasteiger partial charge in [0.15, 0.2) is 17.3 Å². The molecule has 0 radical (unpaired) electrons. The molecule has 0 aromatic carbocycles.